The van der Waals surface area contributed by atoms with Crippen LogP contribution in [0, 0.1) is 0 Å². The number of nitrogens with two attached hydrogens (primary N) is 2. The fraction of sp³-hybridized carbons (Fsp3) is 0.467. The number of benzene rings is 1. The van der Waals surface area contributed by atoms with Crippen molar-refractivity contribution in [2.45, 2.75) is 32.2 Å². The highest BCUT2D eigenvalue weighted by Crippen LogP contribution is 2.35. The SMILES string of the molecule is C=C(CCOc1c(Br)cc(N)cc1Br)C(C)(N)CC.CS(=O)(=O)O. The van der Waals surface area contributed by atoms with E-state index in [1.54, 1.807) is 0 Å². The van der Waals surface area contributed by atoms with Crippen molar-refractivity contribution >= 4 is 47.7 Å². The standard InChI is InChI=1S/C14H20Br2N2O.CH4O3S/c1-4-14(3,18)9(2)5-6-19-13-11(15)7-10(17)8-12(13)16;1-5(2,3)4/h7-8H,2,4-6,17-18H2,1,3H3;1H3,(H,2,3,4). The van der Waals surface area contributed by atoms with Gasteiger partial charge in [-0.2, -0.15) is 8.42 Å². The van der Waals surface area contributed by atoms with E-state index >= 15 is 0 Å². The van der Waals surface area contributed by atoms with Gasteiger partial charge in [-0.3, -0.25) is 4.55 Å². The summed E-state index contributed by atoms with van der Waals surface area (Å²) in [6.07, 6.45) is 2.30. The number of rotatable bonds is 6. The van der Waals surface area contributed by atoms with Gasteiger partial charge in [0.15, 0.2) is 0 Å². The minimum Gasteiger partial charge on any atom is -0.491 e. The highest BCUT2D eigenvalue weighted by Gasteiger charge is 2.19. The average Bonchev–Trinajstić information content (AvgIpc) is 2.39. The van der Waals surface area contributed by atoms with Crippen LogP contribution in [-0.2, 0) is 10.1 Å². The summed E-state index contributed by atoms with van der Waals surface area (Å²) in [6, 6.07) is 3.63. The molecule has 0 amide bonds. The van der Waals surface area contributed by atoms with E-state index in [9.17, 15) is 8.42 Å². The van der Waals surface area contributed by atoms with Crippen molar-refractivity contribution in [3.8, 4) is 5.75 Å². The Kier molecular flexibility index (Phi) is 9.52. The maximum absolute atomic E-state index is 9.19. The van der Waals surface area contributed by atoms with Gasteiger partial charge in [0.2, 0.25) is 0 Å². The zero-order valence-corrected chi connectivity index (χ0v) is 18.0. The van der Waals surface area contributed by atoms with E-state index < -0.39 is 10.1 Å². The first kappa shape index (κ1) is 23.4. The Labute approximate surface area is 160 Å². The second-order valence-corrected chi connectivity index (χ2v) is 8.69. The fourth-order valence-corrected chi connectivity index (χ4v) is 2.98. The fourth-order valence-electron chi connectivity index (χ4n) is 1.53. The molecule has 0 aromatic heterocycles. The topological polar surface area (TPSA) is 116 Å². The van der Waals surface area contributed by atoms with Crippen LogP contribution in [0.1, 0.15) is 26.7 Å². The van der Waals surface area contributed by atoms with E-state index in [0.29, 0.717) is 18.6 Å². The van der Waals surface area contributed by atoms with Gasteiger partial charge in [-0.15, -0.1) is 0 Å². The summed E-state index contributed by atoms with van der Waals surface area (Å²) in [5, 5.41) is 0. The molecule has 1 aromatic carbocycles. The molecule has 0 heterocycles. The first-order chi connectivity index (χ1) is 10.8. The molecule has 0 aliphatic rings. The van der Waals surface area contributed by atoms with E-state index in [2.05, 4.69) is 45.4 Å². The van der Waals surface area contributed by atoms with Gasteiger partial charge in [0.1, 0.15) is 5.75 Å². The van der Waals surface area contributed by atoms with Crippen LogP contribution in [0.5, 0.6) is 5.75 Å². The van der Waals surface area contributed by atoms with Crippen molar-refractivity contribution < 1.29 is 17.7 Å². The number of nitrogen functional groups attached to an aromatic ring is 1. The van der Waals surface area contributed by atoms with Crippen LogP contribution in [0.4, 0.5) is 5.69 Å². The van der Waals surface area contributed by atoms with E-state index in [-0.39, 0.29) is 5.54 Å². The Morgan fingerprint density at radius 3 is 2.17 bits per heavy atom. The van der Waals surface area contributed by atoms with Gasteiger partial charge >= 0.3 is 0 Å². The van der Waals surface area contributed by atoms with Crippen LogP contribution in [0.3, 0.4) is 0 Å². The highest BCUT2D eigenvalue weighted by atomic mass is 79.9. The van der Waals surface area contributed by atoms with Crippen molar-refractivity contribution in [1.82, 2.24) is 0 Å². The van der Waals surface area contributed by atoms with Gasteiger partial charge in [-0.05, 0) is 57.3 Å². The number of halogens is 2. The maximum Gasteiger partial charge on any atom is 0.261 e. The van der Waals surface area contributed by atoms with E-state index in [1.165, 1.54) is 0 Å². The van der Waals surface area contributed by atoms with Gasteiger partial charge < -0.3 is 16.2 Å². The Hall–Kier alpha value is -0.610. The largest absolute Gasteiger partial charge is 0.491 e. The lowest BCUT2D eigenvalue weighted by atomic mass is 9.89. The average molecular weight is 488 g/mol. The summed E-state index contributed by atoms with van der Waals surface area (Å²) in [6.45, 7) is 8.62. The third-order valence-electron chi connectivity index (χ3n) is 3.21. The molecule has 0 saturated carbocycles. The molecule has 0 bridgehead atoms. The molecule has 0 aliphatic heterocycles. The third kappa shape index (κ3) is 9.63. The Morgan fingerprint density at radius 1 is 1.38 bits per heavy atom. The second-order valence-electron chi connectivity index (χ2n) is 5.52. The Morgan fingerprint density at radius 2 is 1.79 bits per heavy atom. The molecule has 138 valence electrons. The number of hydrogen-bond donors (Lipinski definition) is 3. The normalized spacial score (nSPS) is 13.5. The van der Waals surface area contributed by atoms with Crippen molar-refractivity contribution in [1.29, 1.82) is 0 Å². The molecule has 0 spiro atoms. The predicted octanol–water partition coefficient (Wildman–Crippen LogP) is 3.75. The summed E-state index contributed by atoms with van der Waals surface area (Å²) >= 11 is 6.87. The molecule has 1 atom stereocenters. The first-order valence-corrected chi connectivity index (χ1v) is 10.5. The minimum absolute atomic E-state index is 0.334. The molecule has 0 saturated heterocycles. The minimum atomic E-state index is -3.67. The molecule has 0 aliphatic carbocycles. The van der Waals surface area contributed by atoms with Crippen LogP contribution in [0.25, 0.3) is 0 Å². The van der Waals surface area contributed by atoms with E-state index in [1.807, 2.05) is 19.1 Å². The summed E-state index contributed by atoms with van der Waals surface area (Å²) in [5.41, 5.74) is 13.2. The molecule has 5 N–H and O–H groups in total. The summed E-state index contributed by atoms with van der Waals surface area (Å²) in [7, 11) is -3.67. The lowest BCUT2D eigenvalue weighted by Crippen LogP contribution is -2.37. The quantitative estimate of drug-likeness (QED) is 0.319. The van der Waals surface area contributed by atoms with Crippen LogP contribution < -0.4 is 16.2 Å². The summed E-state index contributed by atoms with van der Waals surface area (Å²) < 4.78 is 33.3. The highest BCUT2D eigenvalue weighted by molar-refractivity contribution is 9.11. The van der Waals surface area contributed by atoms with Crippen LogP contribution in [0.2, 0.25) is 0 Å². The van der Waals surface area contributed by atoms with Crippen LogP contribution in [0.15, 0.2) is 33.2 Å². The smallest absolute Gasteiger partial charge is 0.261 e. The van der Waals surface area contributed by atoms with Gasteiger partial charge in [-0.25, -0.2) is 0 Å². The molecule has 1 aromatic rings. The first-order valence-electron chi connectivity index (χ1n) is 7.04. The van der Waals surface area contributed by atoms with Crippen molar-refractivity contribution in [3.05, 3.63) is 33.2 Å². The lowest BCUT2D eigenvalue weighted by molar-refractivity contribution is 0.309. The summed E-state index contributed by atoms with van der Waals surface area (Å²) in [4.78, 5) is 0. The van der Waals surface area contributed by atoms with Gasteiger partial charge in [0, 0.05) is 17.6 Å². The van der Waals surface area contributed by atoms with Crippen LogP contribution in [-0.4, -0.2) is 31.4 Å². The Balaban J connectivity index is 0.000000922. The van der Waals surface area contributed by atoms with Crippen molar-refractivity contribution in [3.63, 3.8) is 0 Å². The molecule has 24 heavy (non-hydrogen) atoms. The van der Waals surface area contributed by atoms with Crippen molar-refractivity contribution in [2.24, 2.45) is 5.73 Å². The molecular formula is C15H24Br2N2O4S. The number of anilines is 1. The number of hydrogen-bond acceptors (Lipinski definition) is 5. The van der Waals surface area contributed by atoms with Crippen molar-refractivity contribution in [2.75, 3.05) is 18.6 Å². The van der Waals surface area contributed by atoms with Gasteiger partial charge in [-0.1, -0.05) is 19.1 Å². The number of ether oxygens (including phenoxy) is 1. The lowest BCUT2D eigenvalue weighted by Gasteiger charge is -2.25. The predicted molar refractivity (Wildman–Crippen MR) is 106 cm³/mol. The third-order valence-corrected chi connectivity index (χ3v) is 4.39. The molecule has 6 nitrogen and oxygen atoms in total. The molecule has 1 unspecified atom stereocenters. The monoisotopic (exact) mass is 486 g/mol. The van der Waals surface area contributed by atoms with Gasteiger partial charge in [0.25, 0.3) is 10.1 Å². The molecule has 1 rings (SSSR count). The molecule has 0 radical (unpaired) electrons. The molecule has 0 fully saturated rings. The summed E-state index contributed by atoms with van der Waals surface area (Å²) in [5.74, 6) is 0.747. The maximum atomic E-state index is 9.19. The van der Waals surface area contributed by atoms with Crippen LogP contribution >= 0.6 is 31.9 Å². The molecular weight excluding hydrogens is 464 g/mol. The zero-order chi connectivity index (χ0) is 19.1. The Bertz CT molecular complexity index is 645. The molecule has 9 heteroatoms. The zero-order valence-electron chi connectivity index (χ0n) is 14.0. The van der Waals surface area contributed by atoms with E-state index in [0.717, 1.165) is 33.1 Å². The van der Waals surface area contributed by atoms with Gasteiger partial charge in [0.05, 0.1) is 21.8 Å². The second kappa shape index (κ2) is 9.76. The van der Waals surface area contributed by atoms with E-state index in [4.69, 9.17) is 20.8 Å².